The Balaban J connectivity index is 4.16. The highest BCUT2D eigenvalue weighted by molar-refractivity contribution is 7.80. The largest absolute Gasteiger partial charge is 0.364 e. The molecule has 0 unspecified atom stereocenters. The van der Waals surface area contributed by atoms with Crippen molar-refractivity contribution in [1.29, 1.82) is 0 Å². The first-order valence-corrected chi connectivity index (χ1v) is 7.08. The Morgan fingerprint density at radius 3 is 1.95 bits per heavy atom. The van der Waals surface area contributed by atoms with Gasteiger partial charge in [0.25, 0.3) is 0 Å². The van der Waals surface area contributed by atoms with Gasteiger partial charge in [-0.15, -0.1) is 0 Å². The number of rotatable bonds is 6. The Kier molecular flexibility index (Phi) is 9.77. The van der Waals surface area contributed by atoms with E-state index in [2.05, 4.69) is 45.8 Å². The third-order valence-electron chi connectivity index (χ3n) is 2.31. The highest BCUT2D eigenvalue weighted by Crippen LogP contribution is 1.82. The maximum atomic E-state index is 5.11. The SMILES string of the molecule is CNC(=S)NN=C(C)C(C)=NNC(=S)NCC[NH+](C)C. The third-order valence-corrected chi connectivity index (χ3v) is 2.84. The van der Waals surface area contributed by atoms with Crippen LogP contribution in [0.1, 0.15) is 13.8 Å². The molecule has 9 heteroatoms. The second-order valence-electron chi connectivity index (χ2n) is 4.41. The van der Waals surface area contributed by atoms with Gasteiger partial charge in [-0.25, -0.2) is 0 Å². The predicted octanol–water partition coefficient (Wildman–Crippen LogP) is -1.56. The summed E-state index contributed by atoms with van der Waals surface area (Å²) in [5, 5.41) is 15.0. The molecule has 0 aromatic heterocycles. The van der Waals surface area contributed by atoms with Crippen LogP contribution in [0.5, 0.6) is 0 Å². The Morgan fingerprint density at radius 1 is 1.00 bits per heavy atom. The molecule has 0 aliphatic carbocycles. The van der Waals surface area contributed by atoms with Crippen molar-refractivity contribution >= 4 is 46.1 Å². The lowest BCUT2D eigenvalue weighted by Gasteiger charge is -2.10. The summed E-state index contributed by atoms with van der Waals surface area (Å²) in [5.41, 5.74) is 6.92. The molecule has 0 aromatic carbocycles. The number of thiocarbonyl (C=S) groups is 2. The molecule has 0 rings (SSSR count). The lowest BCUT2D eigenvalue weighted by molar-refractivity contribution is -0.856. The van der Waals surface area contributed by atoms with E-state index >= 15 is 0 Å². The summed E-state index contributed by atoms with van der Waals surface area (Å²) in [7, 11) is 5.90. The van der Waals surface area contributed by atoms with Crippen molar-refractivity contribution in [2.45, 2.75) is 13.8 Å². The summed E-state index contributed by atoms with van der Waals surface area (Å²) < 4.78 is 0. The van der Waals surface area contributed by atoms with E-state index in [1.165, 1.54) is 4.90 Å². The van der Waals surface area contributed by atoms with Gasteiger partial charge in [-0.05, 0) is 38.3 Å². The van der Waals surface area contributed by atoms with Gasteiger partial charge in [0.2, 0.25) is 0 Å². The molecule has 5 N–H and O–H groups in total. The summed E-state index contributed by atoms with van der Waals surface area (Å²) >= 11 is 10.0. The Bertz CT molecular complexity index is 390. The van der Waals surface area contributed by atoms with Crippen LogP contribution in [0.4, 0.5) is 0 Å². The molecule has 0 heterocycles. The molecule has 0 saturated heterocycles. The van der Waals surface area contributed by atoms with E-state index in [4.69, 9.17) is 24.4 Å². The number of likely N-dealkylation sites (N-methyl/N-ethyl adjacent to an activating group) is 1. The average molecular weight is 318 g/mol. The van der Waals surface area contributed by atoms with Gasteiger partial charge in [0.05, 0.1) is 38.6 Å². The van der Waals surface area contributed by atoms with E-state index in [0.717, 1.165) is 24.5 Å². The van der Waals surface area contributed by atoms with Crippen LogP contribution < -0.4 is 26.4 Å². The first-order chi connectivity index (χ1) is 9.36. The summed E-state index contributed by atoms with van der Waals surface area (Å²) in [6.45, 7) is 5.45. The minimum absolute atomic E-state index is 0.452. The summed E-state index contributed by atoms with van der Waals surface area (Å²) in [6.07, 6.45) is 0. The Morgan fingerprint density at radius 2 is 1.50 bits per heavy atom. The molecular formula is C11H24N7S2+. The monoisotopic (exact) mass is 318 g/mol. The van der Waals surface area contributed by atoms with Gasteiger partial charge in [-0.3, -0.25) is 10.9 Å². The maximum Gasteiger partial charge on any atom is 0.187 e. The summed E-state index contributed by atoms with van der Waals surface area (Å²) in [5.74, 6) is 0. The summed E-state index contributed by atoms with van der Waals surface area (Å²) in [6, 6.07) is 0. The lowest BCUT2D eigenvalue weighted by atomic mass is 10.3. The zero-order valence-corrected chi connectivity index (χ0v) is 14.3. The van der Waals surface area contributed by atoms with E-state index in [9.17, 15) is 0 Å². The van der Waals surface area contributed by atoms with Crippen LogP contribution in [0.15, 0.2) is 10.2 Å². The van der Waals surface area contributed by atoms with Gasteiger partial charge in [0, 0.05) is 7.05 Å². The van der Waals surface area contributed by atoms with Gasteiger partial charge in [0.1, 0.15) is 0 Å². The minimum Gasteiger partial charge on any atom is -0.364 e. The number of quaternary nitrogens is 1. The molecule has 0 bridgehead atoms. The van der Waals surface area contributed by atoms with Gasteiger partial charge in [0.15, 0.2) is 10.2 Å². The fourth-order valence-electron chi connectivity index (χ4n) is 0.953. The average Bonchev–Trinajstić information content (AvgIpc) is 2.41. The van der Waals surface area contributed by atoms with E-state index < -0.39 is 0 Å². The first-order valence-electron chi connectivity index (χ1n) is 6.26. The predicted molar refractivity (Wildman–Crippen MR) is 92.4 cm³/mol. The standard InChI is InChI=1S/C11H23N7S2/c1-8(14-16-10(19)12-3)9(2)15-17-11(20)13-6-7-18(4)5/h6-7H2,1-5H3,(H2,12,16,19)(H2,13,17,20)/p+1. The van der Waals surface area contributed by atoms with Crippen molar-refractivity contribution < 1.29 is 4.90 Å². The lowest BCUT2D eigenvalue weighted by Crippen LogP contribution is -3.06. The van der Waals surface area contributed by atoms with Crippen LogP contribution in [0.2, 0.25) is 0 Å². The number of nitrogens with one attached hydrogen (secondary N) is 5. The normalized spacial score (nSPS) is 12.1. The molecular weight excluding hydrogens is 294 g/mol. The molecule has 20 heavy (non-hydrogen) atoms. The van der Waals surface area contributed by atoms with Crippen LogP contribution in [0.25, 0.3) is 0 Å². The molecule has 0 saturated carbocycles. The second-order valence-corrected chi connectivity index (χ2v) is 5.23. The molecule has 0 spiro atoms. The summed E-state index contributed by atoms with van der Waals surface area (Å²) in [4.78, 5) is 1.36. The first kappa shape index (κ1) is 18.7. The molecule has 0 amide bonds. The van der Waals surface area contributed by atoms with Crippen LogP contribution >= 0.6 is 24.4 Å². The van der Waals surface area contributed by atoms with Crippen LogP contribution in [-0.2, 0) is 0 Å². The van der Waals surface area contributed by atoms with Gasteiger partial charge < -0.3 is 15.5 Å². The Labute approximate surface area is 131 Å². The molecule has 114 valence electrons. The number of hydrogen-bond acceptors (Lipinski definition) is 4. The zero-order valence-electron chi connectivity index (χ0n) is 12.6. The van der Waals surface area contributed by atoms with Crippen LogP contribution in [0.3, 0.4) is 0 Å². The van der Waals surface area contributed by atoms with E-state index in [1.807, 2.05) is 13.8 Å². The highest BCUT2D eigenvalue weighted by Gasteiger charge is 2.00. The molecule has 0 radical (unpaired) electrons. The van der Waals surface area contributed by atoms with Crippen molar-refractivity contribution in [2.75, 3.05) is 34.2 Å². The van der Waals surface area contributed by atoms with Crippen molar-refractivity contribution in [3.8, 4) is 0 Å². The number of nitrogens with zero attached hydrogens (tertiary/aromatic N) is 2. The molecule has 0 atom stereocenters. The Hall–Kier alpha value is -1.32. The minimum atomic E-state index is 0.452. The van der Waals surface area contributed by atoms with E-state index in [0.29, 0.717) is 10.2 Å². The molecule has 7 nitrogen and oxygen atoms in total. The second kappa shape index (κ2) is 10.5. The fraction of sp³-hybridized carbons (Fsp3) is 0.636. The van der Waals surface area contributed by atoms with E-state index in [-0.39, 0.29) is 0 Å². The van der Waals surface area contributed by atoms with Crippen LogP contribution in [-0.4, -0.2) is 55.9 Å². The molecule has 0 fully saturated rings. The van der Waals surface area contributed by atoms with Crippen molar-refractivity contribution in [3.05, 3.63) is 0 Å². The third kappa shape index (κ3) is 9.59. The topological polar surface area (TPSA) is 77.3 Å². The maximum absolute atomic E-state index is 5.11. The van der Waals surface area contributed by atoms with E-state index in [1.54, 1.807) is 7.05 Å². The molecule has 0 aromatic rings. The fourth-order valence-corrected chi connectivity index (χ4v) is 1.15. The van der Waals surface area contributed by atoms with Crippen molar-refractivity contribution in [1.82, 2.24) is 21.5 Å². The van der Waals surface area contributed by atoms with Crippen molar-refractivity contribution in [3.63, 3.8) is 0 Å². The molecule has 0 aliphatic heterocycles. The van der Waals surface area contributed by atoms with Gasteiger partial charge in [-0.2, -0.15) is 10.2 Å². The van der Waals surface area contributed by atoms with Crippen molar-refractivity contribution in [2.24, 2.45) is 10.2 Å². The van der Waals surface area contributed by atoms with Crippen LogP contribution in [0, 0.1) is 0 Å². The molecule has 0 aliphatic rings. The smallest absolute Gasteiger partial charge is 0.187 e. The van der Waals surface area contributed by atoms with Gasteiger partial charge in [-0.1, -0.05) is 0 Å². The zero-order chi connectivity index (χ0) is 15.5. The van der Waals surface area contributed by atoms with Gasteiger partial charge >= 0.3 is 0 Å². The quantitative estimate of drug-likeness (QED) is 0.232. The highest BCUT2D eigenvalue weighted by atomic mass is 32.1. The number of hydrazone groups is 2. The number of hydrogen-bond donors (Lipinski definition) is 5.